The number of aliphatic hydroxyl groups excluding tert-OH is 1. The van der Waals surface area contributed by atoms with Gasteiger partial charge in [0, 0.05) is 16.4 Å². The Morgan fingerprint density at radius 2 is 1.71 bits per heavy atom. The number of nitrogens with zero attached hydrogens (tertiary/aromatic N) is 1. The highest BCUT2D eigenvalue weighted by molar-refractivity contribution is 6.30. The monoisotopic (exact) mass is 541 g/mol. The molecule has 3 fully saturated rings. The zero-order valence-corrected chi connectivity index (χ0v) is 22.3. The van der Waals surface area contributed by atoms with Crippen molar-refractivity contribution < 1.29 is 29.0 Å². The number of anilines is 2. The summed E-state index contributed by atoms with van der Waals surface area (Å²) in [5, 5.41) is 16.3. The van der Waals surface area contributed by atoms with Gasteiger partial charge in [0.15, 0.2) is 0 Å². The lowest BCUT2D eigenvalue weighted by Gasteiger charge is -2.35. The predicted octanol–water partition coefficient (Wildman–Crippen LogP) is 3.46. The number of amides is 3. The molecule has 202 valence electrons. The number of fused-ring (bicyclic) bond motifs is 1. The fraction of sp³-hybridized carbons (Fsp3) is 0.464. The van der Waals surface area contributed by atoms with Crippen LogP contribution in [0.3, 0.4) is 0 Å². The summed E-state index contributed by atoms with van der Waals surface area (Å²) in [4.78, 5) is 42.8. The van der Waals surface area contributed by atoms with Gasteiger partial charge in [-0.25, -0.2) is 0 Å². The lowest BCUT2D eigenvalue weighted by atomic mass is 9.66. The van der Waals surface area contributed by atoms with Crippen LogP contribution in [0.2, 0.25) is 5.02 Å². The van der Waals surface area contributed by atoms with Crippen LogP contribution < -0.4 is 15.4 Å². The van der Waals surface area contributed by atoms with Crippen molar-refractivity contribution in [2.75, 3.05) is 23.8 Å². The molecule has 1 spiro atoms. The van der Waals surface area contributed by atoms with Crippen LogP contribution in [-0.4, -0.2) is 64.2 Å². The standard InChI is InChI=1S/C28H32ClN3O6/c1-4-37-20-11-9-19(10-12-20)30-24(34)21-22-26(36)32(16(2)15-33)23(28(22)14-13-27(21,3)38-28)25(35)31-18-7-5-17(29)6-8-18/h5-12,16,21-23,33H,4,13-15H2,1-3H3,(H,30,34)(H,31,35)/t16-,21+,22+,23?,27-,28?/m1/s1. The van der Waals surface area contributed by atoms with Gasteiger partial charge in [0.25, 0.3) is 0 Å². The smallest absolute Gasteiger partial charge is 0.250 e. The van der Waals surface area contributed by atoms with E-state index in [1.165, 1.54) is 4.90 Å². The SMILES string of the molecule is CCOc1ccc(NC(=O)[C@@H]2[C@H]3C(=O)N([C@H](C)CO)C(C(=O)Nc4ccc(Cl)cc4)C34CC[C@@]2(C)O4)cc1. The Bertz CT molecular complexity index is 1240. The maximum absolute atomic E-state index is 14.0. The van der Waals surface area contributed by atoms with Crippen molar-refractivity contribution in [2.45, 2.75) is 56.9 Å². The largest absolute Gasteiger partial charge is 0.494 e. The normalized spacial score (nSPS) is 30.2. The van der Waals surface area contributed by atoms with Crippen LogP contribution in [0.25, 0.3) is 0 Å². The van der Waals surface area contributed by atoms with Crippen LogP contribution in [0.1, 0.15) is 33.6 Å². The predicted molar refractivity (Wildman–Crippen MR) is 142 cm³/mol. The van der Waals surface area contributed by atoms with Gasteiger partial charge in [0.2, 0.25) is 17.7 Å². The Morgan fingerprint density at radius 3 is 2.32 bits per heavy atom. The molecule has 6 atom stereocenters. The third-order valence-corrected chi connectivity index (χ3v) is 8.28. The fourth-order valence-electron chi connectivity index (χ4n) is 6.39. The molecule has 2 bridgehead atoms. The van der Waals surface area contributed by atoms with Crippen molar-refractivity contribution >= 4 is 40.7 Å². The number of halogens is 1. The van der Waals surface area contributed by atoms with E-state index in [2.05, 4.69) is 10.6 Å². The number of carbonyl (C=O) groups excluding carboxylic acids is 3. The van der Waals surface area contributed by atoms with Gasteiger partial charge in [-0.3, -0.25) is 14.4 Å². The number of benzene rings is 2. The van der Waals surface area contributed by atoms with E-state index >= 15 is 0 Å². The molecule has 38 heavy (non-hydrogen) atoms. The molecule has 0 aliphatic carbocycles. The second-order valence-corrected chi connectivity index (χ2v) is 10.9. The van der Waals surface area contributed by atoms with Crippen molar-refractivity contribution in [1.82, 2.24) is 4.90 Å². The highest BCUT2D eigenvalue weighted by Crippen LogP contribution is 2.63. The van der Waals surface area contributed by atoms with Crippen molar-refractivity contribution in [3.8, 4) is 5.75 Å². The van der Waals surface area contributed by atoms with Crippen molar-refractivity contribution in [3.63, 3.8) is 0 Å². The van der Waals surface area contributed by atoms with Gasteiger partial charge in [-0.1, -0.05) is 11.6 Å². The molecule has 2 aromatic carbocycles. The zero-order valence-electron chi connectivity index (χ0n) is 21.6. The maximum Gasteiger partial charge on any atom is 0.250 e. The third-order valence-electron chi connectivity index (χ3n) is 8.03. The van der Waals surface area contributed by atoms with Crippen molar-refractivity contribution in [2.24, 2.45) is 11.8 Å². The van der Waals surface area contributed by atoms with Crippen LogP contribution in [0.5, 0.6) is 5.75 Å². The molecule has 3 aliphatic rings. The Balaban J connectivity index is 1.46. The average molecular weight is 542 g/mol. The number of carbonyl (C=O) groups is 3. The van der Waals surface area contributed by atoms with Gasteiger partial charge in [0.05, 0.1) is 36.7 Å². The second-order valence-electron chi connectivity index (χ2n) is 10.4. The van der Waals surface area contributed by atoms with E-state index in [4.69, 9.17) is 21.1 Å². The van der Waals surface area contributed by atoms with Gasteiger partial charge < -0.3 is 30.1 Å². The lowest BCUT2D eigenvalue weighted by Crippen LogP contribution is -2.55. The molecular formula is C28H32ClN3O6. The minimum Gasteiger partial charge on any atom is -0.494 e. The van der Waals surface area contributed by atoms with Gasteiger partial charge in [-0.2, -0.15) is 0 Å². The summed E-state index contributed by atoms with van der Waals surface area (Å²) in [6, 6.07) is 12.0. The molecule has 10 heteroatoms. The van der Waals surface area contributed by atoms with E-state index in [-0.39, 0.29) is 18.4 Å². The number of hydrogen-bond donors (Lipinski definition) is 3. The minimum atomic E-state index is -1.19. The second kappa shape index (κ2) is 9.87. The van der Waals surface area contributed by atoms with Crippen molar-refractivity contribution in [3.05, 3.63) is 53.6 Å². The summed E-state index contributed by atoms with van der Waals surface area (Å²) in [7, 11) is 0. The minimum absolute atomic E-state index is 0.334. The molecule has 3 amide bonds. The van der Waals surface area contributed by atoms with Gasteiger partial charge in [-0.05, 0) is 82.1 Å². The molecule has 0 saturated carbocycles. The average Bonchev–Trinajstić information content (AvgIpc) is 3.47. The van der Waals surface area contributed by atoms with Crippen LogP contribution >= 0.6 is 11.6 Å². The molecule has 3 aliphatic heterocycles. The van der Waals surface area contributed by atoms with Crippen LogP contribution in [0.15, 0.2) is 48.5 Å². The first kappa shape index (κ1) is 26.5. The lowest BCUT2D eigenvalue weighted by molar-refractivity contribution is -0.146. The molecule has 2 unspecified atom stereocenters. The van der Waals surface area contributed by atoms with Gasteiger partial charge in [-0.15, -0.1) is 0 Å². The molecular weight excluding hydrogens is 510 g/mol. The fourth-order valence-corrected chi connectivity index (χ4v) is 6.52. The van der Waals surface area contributed by atoms with Gasteiger partial charge >= 0.3 is 0 Å². The third kappa shape index (κ3) is 4.22. The summed E-state index contributed by atoms with van der Waals surface area (Å²) in [6.07, 6.45) is 0.963. The molecule has 3 saturated heterocycles. The first-order chi connectivity index (χ1) is 18.1. The Labute approximate surface area is 226 Å². The van der Waals surface area contributed by atoms with Crippen LogP contribution in [-0.2, 0) is 19.1 Å². The summed E-state index contributed by atoms with van der Waals surface area (Å²) >= 11 is 5.98. The number of nitrogens with one attached hydrogen (secondary N) is 2. The molecule has 0 radical (unpaired) electrons. The summed E-state index contributed by atoms with van der Waals surface area (Å²) in [5.41, 5.74) is -1.01. The number of rotatable bonds is 8. The highest BCUT2D eigenvalue weighted by Gasteiger charge is 2.78. The first-order valence-electron chi connectivity index (χ1n) is 12.9. The number of aliphatic hydroxyl groups is 1. The van der Waals surface area contributed by atoms with E-state index in [0.29, 0.717) is 41.6 Å². The van der Waals surface area contributed by atoms with Crippen LogP contribution in [0.4, 0.5) is 11.4 Å². The Kier molecular flexibility index (Phi) is 6.87. The topological polar surface area (TPSA) is 117 Å². The molecule has 2 aromatic rings. The molecule has 5 rings (SSSR count). The summed E-state index contributed by atoms with van der Waals surface area (Å²) in [6.45, 7) is 5.61. The molecule has 3 N–H and O–H groups in total. The van der Waals surface area contributed by atoms with Crippen molar-refractivity contribution in [1.29, 1.82) is 0 Å². The maximum atomic E-state index is 14.0. The molecule has 9 nitrogen and oxygen atoms in total. The zero-order chi connectivity index (χ0) is 27.2. The summed E-state index contributed by atoms with van der Waals surface area (Å²) in [5.74, 6) is -2.12. The molecule has 0 aromatic heterocycles. The summed E-state index contributed by atoms with van der Waals surface area (Å²) < 4.78 is 12.0. The van der Waals surface area contributed by atoms with E-state index in [1.54, 1.807) is 55.5 Å². The van der Waals surface area contributed by atoms with E-state index in [9.17, 15) is 19.5 Å². The van der Waals surface area contributed by atoms with E-state index in [0.717, 1.165) is 0 Å². The number of ether oxygens (including phenoxy) is 2. The van der Waals surface area contributed by atoms with Gasteiger partial charge in [0.1, 0.15) is 17.4 Å². The van der Waals surface area contributed by atoms with E-state index < -0.39 is 41.0 Å². The first-order valence-corrected chi connectivity index (χ1v) is 13.2. The Hall–Kier alpha value is -3.14. The Morgan fingerprint density at radius 1 is 1.11 bits per heavy atom. The number of hydrogen-bond acceptors (Lipinski definition) is 6. The number of likely N-dealkylation sites (tertiary alicyclic amines) is 1. The highest BCUT2D eigenvalue weighted by atomic mass is 35.5. The quantitative estimate of drug-likeness (QED) is 0.471. The van der Waals surface area contributed by atoms with E-state index in [1.807, 2.05) is 13.8 Å². The molecule has 3 heterocycles. The van der Waals surface area contributed by atoms with Crippen LogP contribution in [0, 0.1) is 11.8 Å².